The van der Waals surface area contributed by atoms with Gasteiger partial charge in [0.1, 0.15) is 5.82 Å². The van der Waals surface area contributed by atoms with Crippen molar-refractivity contribution in [3.05, 3.63) is 30.1 Å². The first-order valence-electron chi connectivity index (χ1n) is 6.72. The summed E-state index contributed by atoms with van der Waals surface area (Å²) in [6.45, 7) is 0. The second kappa shape index (κ2) is 6.64. The maximum absolute atomic E-state index is 13.3. The molecule has 1 fully saturated rings. The lowest BCUT2D eigenvalue weighted by molar-refractivity contribution is 0.222. The van der Waals surface area contributed by atoms with E-state index in [1.807, 2.05) is 0 Å². The molecule has 1 aliphatic rings. The zero-order chi connectivity index (χ0) is 12.8. The van der Waals surface area contributed by atoms with Gasteiger partial charge in [-0.3, -0.25) is 4.99 Å². The van der Waals surface area contributed by atoms with Gasteiger partial charge >= 0.3 is 0 Å². The number of aliphatic hydroxyl groups is 1. The van der Waals surface area contributed by atoms with E-state index in [2.05, 4.69) is 4.99 Å². The number of hydrogen-bond acceptors (Lipinski definition) is 2. The summed E-state index contributed by atoms with van der Waals surface area (Å²) in [4.78, 5) is 4.00. The van der Waals surface area contributed by atoms with Gasteiger partial charge in [0.05, 0.1) is 11.8 Å². The number of hydrogen-bond donors (Lipinski definition) is 1. The molecule has 0 heterocycles. The molecule has 1 aromatic carbocycles. The van der Waals surface area contributed by atoms with Crippen LogP contribution in [0.4, 0.5) is 10.1 Å². The smallest absolute Gasteiger partial charge is 0.148 e. The first kappa shape index (κ1) is 13.2. The number of aliphatic hydroxyl groups excluding tert-OH is 1. The van der Waals surface area contributed by atoms with Crippen molar-refractivity contribution in [2.75, 3.05) is 0 Å². The highest BCUT2D eigenvalue weighted by atomic mass is 19.1. The molecule has 1 aromatic rings. The van der Waals surface area contributed by atoms with Crippen molar-refractivity contribution in [2.45, 2.75) is 44.6 Å². The normalized spacial score (nSPS) is 18.6. The minimum atomic E-state index is -0.565. The third kappa shape index (κ3) is 3.91. The van der Waals surface area contributed by atoms with Crippen molar-refractivity contribution in [1.29, 1.82) is 0 Å². The first-order chi connectivity index (χ1) is 8.75. The lowest BCUT2D eigenvalue weighted by Gasteiger charge is -2.10. The topological polar surface area (TPSA) is 32.6 Å². The van der Waals surface area contributed by atoms with Crippen LogP contribution in [0.1, 0.15) is 38.5 Å². The van der Waals surface area contributed by atoms with E-state index in [0.29, 0.717) is 0 Å². The third-order valence-corrected chi connectivity index (χ3v) is 3.58. The van der Waals surface area contributed by atoms with Crippen molar-refractivity contribution in [2.24, 2.45) is 10.9 Å². The molecule has 1 aliphatic carbocycles. The van der Waals surface area contributed by atoms with E-state index in [4.69, 9.17) is 0 Å². The van der Waals surface area contributed by atoms with E-state index in [0.717, 1.165) is 18.8 Å². The summed E-state index contributed by atoms with van der Waals surface area (Å²) in [5, 5.41) is 9.79. The molecular formula is C15H20FNO. The van der Waals surface area contributed by atoms with E-state index >= 15 is 0 Å². The number of rotatable bonds is 5. The van der Waals surface area contributed by atoms with Gasteiger partial charge in [-0.1, -0.05) is 37.8 Å². The van der Waals surface area contributed by atoms with Crippen molar-refractivity contribution in [1.82, 2.24) is 0 Å². The minimum absolute atomic E-state index is 0.289. The second-order valence-corrected chi connectivity index (χ2v) is 5.02. The molecule has 18 heavy (non-hydrogen) atoms. The van der Waals surface area contributed by atoms with Crippen molar-refractivity contribution in [3.8, 4) is 0 Å². The van der Waals surface area contributed by atoms with Crippen LogP contribution >= 0.6 is 0 Å². The van der Waals surface area contributed by atoms with Crippen LogP contribution in [0.25, 0.3) is 0 Å². The molecule has 2 rings (SSSR count). The number of halogens is 1. The Hall–Kier alpha value is -1.22. The Morgan fingerprint density at radius 1 is 1.33 bits per heavy atom. The monoisotopic (exact) mass is 249 g/mol. The van der Waals surface area contributed by atoms with Crippen LogP contribution in [0.15, 0.2) is 29.3 Å². The fourth-order valence-electron chi connectivity index (χ4n) is 2.50. The average molecular weight is 249 g/mol. The zero-order valence-corrected chi connectivity index (χ0v) is 10.6. The van der Waals surface area contributed by atoms with E-state index < -0.39 is 6.10 Å². The summed E-state index contributed by atoms with van der Waals surface area (Å²) < 4.78 is 13.3. The molecule has 0 spiro atoms. The van der Waals surface area contributed by atoms with Gasteiger partial charge in [-0.15, -0.1) is 0 Å². The Morgan fingerprint density at radius 3 is 2.78 bits per heavy atom. The van der Waals surface area contributed by atoms with E-state index in [-0.39, 0.29) is 11.5 Å². The van der Waals surface area contributed by atoms with Gasteiger partial charge in [0.25, 0.3) is 0 Å². The third-order valence-electron chi connectivity index (χ3n) is 3.58. The molecule has 0 amide bonds. The highest BCUT2D eigenvalue weighted by Gasteiger charge is 2.15. The van der Waals surface area contributed by atoms with Crippen LogP contribution < -0.4 is 0 Å². The summed E-state index contributed by atoms with van der Waals surface area (Å²) in [7, 11) is 0. The summed E-state index contributed by atoms with van der Waals surface area (Å²) in [5.41, 5.74) is 0.289. The zero-order valence-electron chi connectivity index (χ0n) is 10.6. The van der Waals surface area contributed by atoms with Crippen LogP contribution in [0.2, 0.25) is 0 Å². The SMILES string of the molecule is OC(C=Nc1ccccc1F)CCC1CCCC1. The Balaban J connectivity index is 1.79. The predicted octanol–water partition coefficient (Wildman–Crippen LogP) is 3.86. The molecular weight excluding hydrogens is 229 g/mol. The Kier molecular flexibility index (Phi) is 4.88. The molecule has 1 unspecified atom stereocenters. The van der Waals surface area contributed by atoms with E-state index in [9.17, 15) is 9.50 Å². The first-order valence-corrected chi connectivity index (χ1v) is 6.72. The lowest BCUT2D eigenvalue weighted by Crippen LogP contribution is -2.10. The van der Waals surface area contributed by atoms with E-state index in [1.54, 1.807) is 18.2 Å². The minimum Gasteiger partial charge on any atom is -0.387 e. The van der Waals surface area contributed by atoms with Gasteiger partial charge in [-0.2, -0.15) is 0 Å². The van der Waals surface area contributed by atoms with Crippen molar-refractivity contribution in [3.63, 3.8) is 0 Å². The predicted molar refractivity (Wildman–Crippen MR) is 71.8 cm³/mol. The lowest BCUT2D eigenvalue weighted by atomic mass is 10.00. The van der Waals surface area contributed by atoms with Gasteiger partial charge in [0, 0.05) is 6.21 Å². The van der Waals surface area contributed by atoms with Gasteiger partial charge in [-0.25, -0.2) is 4.39 Å². The largest absolute Gasteiger partial charge is 0.387 e. The molecule has 3 heteroatoms. The Bertz CT molecular complexity index is 399. The molecule has 1 N–H and O–H groups in total. The maximum atomic E-state index is 13.3. The van der Waals surface area contributed by atoms with Crippen LogP contribution in [0.5, 0.6) is 0 Å². The quantitative estimate of drug-likeness (QED) is 0.790. The van der Waals surface area contributed by atoms with Gasteiger partial charge in [0.2, 0.25) is 0 Å². The summed E-state index contributed by atoms with van der Waals surface area (Å²) in [6, 6.07) is 6.35. The number of aliphatic imine (C=N–C) groups is 1. The molecule has 0 radical (unpaired) electrons. The molecule has 2 nitrogen and oxygen atoms in total. The molecule has 1 saturated carbocycles. The van der Waals surface area contributed by atoms with Crippen molar-refractivity contribution < 1.29 is 9.50 Å². The Morgan fingerprint density at radius 2 is 2.06 bits per heavy atom. The second-order valence-electron chi connectivity index (χ2n) is 5.02. The summed E-state index contributed by atoms with van der Waals surface area (Å²) in [6.07, 6.45) is 7.88. The maximum Gasteiger partial charge on any atom is 0.148 e. The van der Waals surface area contributed by atoms with Gasteiger partial charge < -0.3 is 5.11 Å². The molecule has 0 aliphatic heterocycles. The standard InChI is InChI=1S/C15H20FNO/c16-14-7-3-4-8-15(14)17-11-13(18)10-9-12-5-1-2-6-12/h3-4,7-8,11-13,18H,1-2,5-6,9-10H2. The van der Waals surface area contributed by atoms with Crippen LogP contribution in [0, 0.1) is 11.7 Å². The molecule has 1 atom stereocenters. The van der Waals surface area contributed by atoms with Crippen LogP contribution in [-0.4, -0.2) is 17.4 Å². The fourth-order valence-corrected chi connectivity index (χ4v) is 2.50. The average Bonchev–Trinajstić information content (AvgIpc) is 2.88. The highest BCUT2D eigenvalue weighted by Crippen LogP contribution is 2.28. The van der Waals surface area contributed by atoms with Gasteiger partial charge in [0.15, 0.2) is 0 Å². The molecule has 0 bridgehead atoms. The molecule has 0 saturated heterocycles. The van der Waals surface area contributed by atoms with Crippen LogP contribution in [-0.2, 0) is 0 Å². The molecule has 0 aromatic heterocycles. The van der Waals surface area contributed by atoms with Crippen molar-refractivity contribution >= 4 is 11.9 Å². The number of benzene rings is 1. The fraction of sp³-hybridized carbons (Fsp3) is 0.533. The number of para-hydroxylation sites is 1. The molecule has 98 valence electrons. The summed E-state index contributed by atoms with van der Waals surface area (Å²) >= 11 is 0. The van der Waals surface area contributed by atoms with Crippen LogP contribution in [0.3, 0.4) is 0 Å². The number of nitrogens with zero attached hydrogens (tertiary/aromatic N) is 1. The van der Waals surface area contributed by atoms with Gasteiger partial charge in [-0.05, 0) is 30.9 Å². The van der Waals surface area contributed by atoms with E-state index in [1.165, 1.54) is 38.0 Å². The Labute approximate surface area is 108 Å². The highest BCUT2D eigenvalue weighted by molar-refractivity contribution is 5.67. The summed E-state index contributed by atoms with van der Waals surface area (Å²) in [5.74, 6) is 0.415.